The minimum Gasteiger partial charge on any atom is -0.423 e. The smallest absolute Gasteiger partial charge is 0.324 e. The minimum absolute atomic E-state index is 0.00730. The summed E-state index contributed by atoms with van der Waals surface area (Å²) < 4.78 is 16.5. The molecule has 0 bridgehead atoms. The van der Waals surface area contributed by atoms with Crippen LogP contribution >= 0.6 is 0 Å². The van der Waals surface area contributed by atoms with Gasteiger partial charge in [-0.15, -0.1) is 0 Å². The molecule has 8 nitrogen and oxygen atoms in total. The van der Waals surface area contributed by atoms with Gasteiger partial charge in [-0.1, -0.05) is 12.1 Å². The van der Waals surface area contributed by atoms with Crippen LogP contribution in [0.2, 0.25) is 0 Å². The summed E-state index contributed by atoms with van der Waals surface area (Å²) >= 11 is 0. The first-order chi connectivity index (χ1) is 16.1. The molecular weight excluding hydrogens is 420 g/mol. The number of amides is 2. The molecule has 0 radical (unpaired) electrons. The molecule has 0 unspecified atom stereocenters. The maximum absolute atomic E-state index is 12.6. The lowest BCUT2D eigenvalue weighted by Crippen LogP contribution is -2.33. The Labute approximate surface area is 194 Å². The maximum atomic E-state index is 12.6. The summed E-state index contributed by atoms with van der Waals surface area (Å²) in [4.78, 5) is 20.6. The maximum Gasteiger partial charge on any atom is 0.324 e. The minimum atomic E-state index is 0.00730. The van der Waals surface area contributed by atoms with E-state index < -0.39 is 0 Å². The Balaban J connectivity index is 1.43. The summed E-state index contributed by atoms with van der Waals surface area (Å²) in [6.07, 6.45) is 1.70. The topological polar surface area (TPSA) is 80.1 Å². The molecule has 1 N–H and O–H groups in total. The zero-order valence-corrected chi connectivity index (χ0v) is 19.3. The number of ether oxygens (including phenoxy) is 2. The molecule has 1 saturated heterocycles. The van der Waals surface area contributed by atoms with Crippen LogP contribution in [0.25, 0.3) is 11.3 Å². The Kier molecular flexibility index (Phi) is 7.26. The number of aromatic nitrogens is 1. The molecule has 0 atom stereocenters. The predicted octanol–water partition coefficient (Wildman–Crippen LogP) is 4.82. The van der Waals surface area contributed by atoms with Crippen molar-refractivity contribution in [3.63, 3.8) is 0 Å². The number of aryl methyl sites for hydroxylation is 1. The highest BCUT2D eigenvalue weighted by atomic mass is 16.5. The Morgan fingerprint density at radius 1 is 1.15 bits per heavy atom. The second-order valence-corrected chi connectivity index (χ2v) is 7.90. The van der Waals surface area contributed by atoms with E-state index >= 15 is 0 Å². The first kappa shape index (κ1) is 22.8. The number of hydrogen-bond donors (Lipinski definition) is 1. The van der Waals surface area contributed by atoms with Gasteiger partial charge in [-0.05, 0) is 55.3 Å². The van der Waals surface area contributed by atoms with Crippen LogP contribution in [0.5, 0.6) is 0 Å². The predicted molar refractivity (Wildman–Crippen MR) is 128 cm³/mol. The molecule has 174 valence electrons. The number of nitrogens with zero attached hydrogens (tertiary/aromatic N) is 3. The number of benzene rings is 2. The number of anilines is 3. The van der Waals surface area contributed by atoms with Crippen molar-refractivity contribution < 1.29 is 18.7 Å². The Bertz CT molecular complexity index is 1080. The molecule has 1 aromatic heterocycles. The summed E-state index contributed by atoms with van der Waals surface area (Å²) in [5.41, 5.74) is 4.87. The number of nitrogens with one attached hydrogen (secondary N) is 1. The van der Waals surface area contributed by atoms with Gasteiger partial charge in [0.1, 0.15) is 0 Å². The normalized spacial score (nSPS) is 13.7. The summed E-state index contributed by atoms with van der Waals surface area (Å²) in [6.45, 7) is 7.77. The van der Waals surface area contributed by atoms with Gasteiger partial charge in [0.2, 0.25) is 0 Å². The molecule has 0 saturated carbocycles. The molecule has 2 amide bonds. The lowest BCUT2D eigenvalue weighted by molar-refractivity contribution is 0.134. The number of methoxy groups -OCH3 is 1. The second-order valence-electron chi connectivity index (χ2n) is 7.90. The van der Waals surface area contributed by atoms with Gasteiger partial charge in [0.15, 0.2) is 5.76 Å². The summed E-state index contributed by atoms with van der Waals surface area (Å²) in [5, 5.41) is 3.26. The fourth-order valence-electron chi connectivity index (χ4n) is 3.73. The fraction of sp³-hybridized carbons (Fsp3) is 0.360. The fourth-order valence-corrected chi connectivity index (χ4v) is 3.73. The summed E-state index contributed by atoms with van der Waals surface area (Å²) in [6, 6.07) is 14.3. The third-order valence-electron chi connectivity index (χ3n) is 5.65. The molecule has 2 aromatic carbocycles. The number of oxazole rings is 1. The highest BCUT2D eigenvalue weighted by molar-refractivity contribution is 5.94. The molecule has 1 fully saturated rings. The second kappa shape index (κ2) is 10.5. The third kappa shape index (κ3) is 5.35. The first-order valence-corrected chi connectivity index (χ1v) is 11.1. The van der Waals surface area contributed by atoms with E-state index in [4.69, 9.17) is 13.9 Å². The van der Waals surface area contributed by atoms with Crippen LogP contribution in [0.4, 0.5) is 22.2 Å². The SMILES string of the molecule is CCOCc1ccc(C)c(Nc2ncc(-c3ccc(N4CCN(CCOC)C4=O)cc3)o2)c1. The van der Waals surface area contributed by atoms with Gasteiger partial charge in [0, 0.05) is 50.3 Å². The lowest BCUT2D eigenvalue weighted by atomic mass is 10.1. The molecule has 1 aliphatic rings. The standard InChI is InChI=1S/C25H30N4O4/c1-4-32-17-19-6-5-18(2)22(15-19)27-24-26-16-23(33-24)20-7-9-21(10-8-20)29-12-11-28(25(29)30)13-14-31-3/h5-10,15-16H,4,11-14,17H2,1-3H3,(H,26,27). The van der Waals surface area contributed by atoms with Gasteiger partial charge in [-0.3, -0.25) is 4.90 Å². The van der Waals surface area contributed by atoms with E-state index in [-0.39, 0.29) is 6.03 Å². The van der Waals surface area contributed by atoms with Crippen molar-refractivity contribution in [1.82, 2.24) is 9.88 Å². The van der Waals surface area contributed by atoms with Crippen molar-refractivity contribution in [2.24, 2.45) is 0 Å². The van der Waals surface area contributed by atoms with Gasteiger partial charge < -0.3 is 24.1 Å². The Hall–Kier alpha value is -3.36. The van der Waals surface area contributed by atoms with E-state index in [1.54, 1.807) is 23.1 Å². The molecule has 0 spiro atoms. The number of hydrogen-bond acceptors (Lipinski definition) is 6. The lowest BCUT2D eigenvalue weighted by Gasteiger charge is -2.18. The quantitative estimate of drug-likeness (QED) is 0.477. The third-order valence-corrected chi connectivity index (χ3v) is 5.65. The molecule has 0 aliphatic carbocycles. The van der Waals surface area contributed by atoms with E-state index in [1.807, 2.05) is 44.2 Å². The molecule has 2 heterocycles. The summed E-state index contributed by atoms with van der Waals surface area (Å²) in [5.74, 6) is 0.654. The molecule has 3 aromatic rings. The zero-order valence-electron chi connectivity index (χ0n) is 19.3. The number of carbonyl (C=O) groups excluding carboxylic acids is 1. The summed E-state index contributed by atoms with van der Waals surface area (Å²) in [7, 11) is 1.64. The van der Waals surface area contributed by atoms with Gasteiger partial charge in [-0.25, -0.2) is 9.78 Å². The van der Waals surface area contributed by atoms with Crippen LogP contribution in [0.15, 0.2) is 53.1 Å². The first-order valence-electron chi connectivity index (χ1n) is 11.1. The van der Waals surface area contributed by atoms with Gasteiger partial charge in [0.25, 0.3) is 6.01 Å². The molecule has 33 heavy (non-hydrogen) atoms. The average Bonchev–Trinajstić information content (AvgIpc) is 3.45. The Morgan fingerprint density at radius 3 is 2.73 bits per heavy atom. The van der Waals surface area contributed by atoms with Crippen LogP contribution in [-0.4, -0.2) is 55.9 Å². The molecular formula is C25H30N4O4. The van der Waals surface area contributed by atoms with E-state index in [0.29, 0.717) is 51.2 Å². The highest BCUT2D eigenvalue weighted by Crippen LogP contribution is 2.29. The van der Waals surface area contributed by atoms with Gasteiger partial charge in [0.05, 0.1) is 19.4 Å². The van der Waals surface area contributed by atoms with Crippen molar-refractivity contribution in [2.75, 3.05) is 50.2 Å². The zero-order chi connectivity index (χ0) is 23.2. The average molecular weight is 451 g/mol. The van der Waals surface area contributed by atoms with Crippen molar-refractivity contribution in [3.05, 3.63) is 59.8 Å². The van der Waals surface area contributed by atoms with Crippen LogP contribution in [0.1, 0.15) is 18.1 Å². The Morgan fingerprint density at radius 2 is 1.97 bits per heavy atom. The van der Waals surface area contributed by atoms with E-state index in [0.717, 1.165) is 28.1 Å². The van der Waals surface area contributed by atoms with Gasteiger partial charge >= 0.3 is 6.03 Å². The van der Waals surface area contributed by atoms with Crippen molar-refractivity contribution in [3.8, 4) is 11.3 Å². The van der Waals surface area contributed by atoms with Crippen LogP contribution in [-0.2, 0) is 16.1 Å². The number of urea groups is 1. The highest BCUT2D eigenvalue weighted by Gasteiger charge is 2.29. The number of carbonyl (C=O) groups is 1. The van der Waals surface area contributed by atoms with Crippen molar-refractivity contribution >= 4 is 23.4 Å². The van der Waals surface area contributed by atoms with Crippen molar-refractivity contribution in [1.29, 1.82) is 0 Å². The molecule has 1 aliphatic heterocycles. The number of rotatable bonds is 10. The molecule has 4 rings (SSSR count). The van der Waals surface area contributed by atoms with Crippen LogP contribution < -0.4 is 10.2 Å². The van der Waals surface area contributed by atoms with E-state index in [9.17, 15) is 4.79 Å². The van der Waals surface area contributed by atoms with E-state index in [1.165, 1.54) is 0 Å². The largest absolute Gasteiger partial charge is 0.423 e. The van der Waals surface area contributed by atoms with E-state index in [2.05, 4.69) is 22.4 Å². The van der Waals surface area contributed by atoms with Crippen LogP contribution in [0.3, 0.4) is 0 Å². The monoisotopic (exact) mass is 450 g/mol. The van der Waals surface area contributed by atoms with Crippen molar-refractivity contribution in [2.45, 2.75) is 20.5 Å². The van der Waals surface area contributed by atoms with Gasteiger partial charge in [-0.2, -0.15) is 0 Å². The van der Waals surface area contributed by atoms with Crippen LogP contribution in [0, 0.1) is 6.92 Å². The molecule has 8 heteroatoms.